The quantitative estimate of drug-likeness (QED) is 0.413. The summed E-state index contributed by atoms with van der Waals surface area (Å²) in [5, 5.41) is 9.89. The lowest BCUT2D eigenvalue weighted by molar-refractivity contribution is 0.153. The van der Waals surface area contributed by atoms with Gasteiger partial charge in [0.2, 0.25) is 0 Å². The number of rotatable bonds is 6. The monoisotopic (exact) mass is 465 g/mol. The molecule has 1 saturated carbocycles. The Morgan fingerprint density at radius 2 is 1.62 bits per heavy atom. The number of aliphatic hydroxyl groups is 1. The molecule has 0 radical (unpaired) electrons. The maximum absolute atomic E-state index is 9.89. The summed E-state index contributed by atoms with van der Waals surface area (Å²) in [7, 11) is 0. The zero-order valence-electron chi connectivity index (χ0n) is 22.9. The molecular weight excluding hydrogens is 414 g/mol. The molecular formula is C32H51NO. The van der Waals surface area contributed by atoms with Crippen molar-refractivity contribution in [1.29, 1.82) is 0 Å². The molecule has 0 heterocycles. The van der Waals surface area contributed by atoms with Gasteiger partial charge in [-0.25, -0.2) is 0 Å². The van der Waals surface area contributed by atoms with Crippen LogP contribution in [0.25, 0.3) is 0 Å². The lowest BCUT2D eigenvalue weighted by atomic mass is 9.72. The van der Waals surface area contributed by atoms with E-state index in [0.717, 1.165) is 32.1 Å². The van der Waals surface area contributed by atoms with Crippen molar-refractivity contribution in [3.05, 3.63) is 83.6 Å². The zero-order chi connectivity index (χ0) is 25.9. The molecule has 1 fully saturated rings. The molecule has 0 aliphatic heterocycles. The first-order chi connectivity index (χ1) is 16.1. The summed E-state index contributed by atoms with van der Waals surface area (Å²) < 4.78 is 0. The summed E-state index contributed by atoms with van der Waals surface area (Å²) in [5.41, 5.74) is 13.0. The van der Waals surface area contributed by atoms with Gasteiger partial charge in [0, 0.05) is 6.61 Å². The van der Waals surface area contributed by atoms with Crippen molar-refractivity contribution in [2.75, 3.05) is 6.61 Å². The molecule has 0 saturated heterocycles. The molecule has 2 aliphatic carbocycles. The first kappa shape index (κ1) is 30.0. The lowest BCUT2D eigenvalue weighted by Crippen LogP contribution is -2.25. The van der Waals surface area contributed by atoms with Crippen LogP contribution in [0.15, 0.2) is 72.5 Å². The second-order valence-electron chi connectivity index (χ2n) is 10.9. The topological polar surface area (TPSA) is 46.2 Å². The van der Waals surface area contributed by atoms with Gasteiger partial charge in [0.15, 0.2) is 0 Å². The Balaban J connectivity index is 0.00000107. The van der Waals surface area contributed by atoms with Gasteiger partial charge in [0.05, 0.1) is 0 Å². The molecule has 1 aromatic rings. The first-order valence-electron chi connectivity index (χ1n) is 13.2. The van der Waals surface area contributed by atoms with E-state index in [0.29, 0.717) is 17.8 Å². The highest BCUT2D eigenvalue weighted by Crippen LogP contribution is 2.48. The molecule has 3 unspecified atom stereocenters. The maximum Gasteiger partial charge on any atom is 0.0465 e. The Hall–Kier alpha value is -2.06. The van der Waals surface area contributed by atoms with Crippen LogP contribution in [0.3, 0.4) is 0 Å². The number of hydrogen-bond donors (Lipinski definition) is 2. The molecule has 0 spiro atoms. The number of allylic oxidation sites excluding steroid dienone is 4. The second-order valence-corrected chi connectivity index (χ2v) is 10.9. The van der Waals surface area contributed by atoms with E-state index in [4.69, 9.17) is 0 Å². The Morgan fingerprint density at radius 3 is 2.15 bits per heavy atom. The highest BCUT2D eigenvalue weighted by Gasteiger charge is 2.33. The third-order valence-electron chi connectivity index (χ3n) is 7.01. The van der Waals surface area contributed by atoms with Crippen LogP contribution < -0.4 is 5.73 Å². The van der Waals surface area contributed by atoms with Crippen molar-refractivity contribution in [1.82, 2.24) is 0 Å². The van der Waals surface area contributed by atoms with E-state index in [1.807, 2.05) is 13.8 Å². The number of nitrogens with two attached hydrogens (primary N) is 1. The van der Waals surface area contributed by atoms with Crippen molar-refractivity contribution >= 4 is 0 Å². The third-order valence-corrected chi connectivity index (χ3v) is 7.01. The molecule has 3 N–H and O–H groups in total. The van der Waals surface area contributed by atoms with E-state index >= 15 is 0 Å². The van der Waals surface area contributed by atoms with Gasteiger partial charge in [-0.05, 0) is 90.7 Å². The summed E-state index contributed by atoms with van der Waals surface area (Å²) >= 11 is 0. The molecule has 3 rings (SSSR count). The van der Waals surface area contributed by atoms with Gasteiger partial charge in [-0.1, -0.05) is 103 Å². The minimum Gasteiger partial charge on any atom is -0.405 e. The predicted molar refractivity (Wildman–Crippen MR) is 151 cm³/mol. The molecule has 0 aromatic heterocycles. The number of benzene rings is 1. The third kappa shape index (κ3) is 8.62. The molecule has 34 heavy (non-hydrogen) atoms. The molecule has 3 atom stereocenters. The summed E-state index contributed by atoms with van der Waals surface area (Å²) in [6, 6.07) is 9.08. The second kappa shape index (κ2) is 14.4. The Morgan fingerprint density at radius 1 is 1.06 bits per heavy atom. The molecule has 2 aliphatic rings. The molecule has 1 aromatic carbocycles. The minimum atomic E-state index is 0.267. The highest BCUT2D eigenvalue weighted by atomic mass is 16.3. The Kier molecular flexibility index (Phi) is 12.7. The number of aryl methyl sites for hydroxylation is 1. The number of hydrogen-bond acceptors (Lipinski definition) is 2. The van der Waals surface area contributed by atoms with E-state index in [9.17, 15) is 5.11 Å². The molecule has 2 nitrogen and oxygen atoms in total. The fourth-order valence-electron chi connectivity index (χ4n) is 5.42. The van der Waals surface area contributed by atoms with Crippen molar-refractivity contribution in [3.63, 3.8) is 0 Å². The normalized spacial score (nSPS) is 22.1. The number of aliphatic hydroxyl groups excluding tert-OH is 1. The summed E-state index contributed by atoms with van der Waals surface area (Å²) in [6.45, 7) is 25.6. The van der Waals surface area contributed by atoms with Crippen LogP contribution in [-0.2, 0) is 0 Å². The molecule has 190 valence electrons. The fourth-order valence-corrected chi connectivity index (χ4v) is 5.42. The molecule has 2 heteroatoms. The van der Waals surface area contributed by atoms with Crippen molar-refractivity contribution in [3.8, 4) is 0 Å². The smallest absolute Gasteiger partial charge is 0.0465 e. The highest BCUT2D eigenvalue weighted by molar-refractivity contribution is 5.51. The van der Waals surface area contributed by atoms with Crippen LogP contribution in [0.1, 0.15) is 96.6 Å². The van der Waals surface area contributed by atoms with E-state index in [1.54, 1.807) is 5.57 Å². The van der Waals surface area contributed by atoms with E-state index < -0.39 is 0 Å². The van der Waals surface area contributed by atoms with Gasteiger partial charge in [-0.2, -0.15) is 0 Å². The lowest BCUT2D eigenvalue weighted by Gasteiger charge is -2.33. The van der Waals surface area contributed by atoms with Crippen LogP contribution in [-0.4, -0.2) is 11.7 Å². The average molecular weight is 466 g/mol. The van der Waals surface area contributed by atoms with E-state index in [2.05, 4.69) is 77.4 Å². The minimum absolute atomic E-state index is 0.267. The van der Waals surface area contributed by atoms with E-state index in [-0.39, 0.29) is 12.0 Å². The van der Waals surface area contributed by atoms with Gasteiger partial charge in [0.1, 0.15) is 0 Å². The average Bonchev–Trinajstić information content (AvgIpc) is 3.22. The van der Waals surface area contributed by atoms with Crippen LogP contribution in [0, 0.1) is 24.2 Å². The molecule has 0 amide bonds. The van der Waals surface area contributed by atoms with Crippen molar-refractivity contribution in [2.45, 2.75) is 92.4 Å². The van der Waals surface area contributed by atoms with Crippen LogP contribution in [0.5, 0.6) is 0 Å². The van der Waals surface area contributed by atoms with Gasteiger partial charge in [-0.15, -0.1) is 0 Å². The van der Waals surface area contributed by atoms with Crippen LogP contribution in [0.2, 0.25) is 0 Å². The molecule has 0 bridgehead atoms. The Labute approximate surface area is 210 Å². The predicted octanol–water partition coefficient (Wildman–Crippen LogP) is 8.63. The summed E-state index contributed by atoms with van der Waals surface area (Å²) in [5.74, 6) is 1.30. The van der Waals surface area contributed by atoms with Crippen molar-refractivity contribution in [2.24, 2.45) is 23.0 Å². The van der Waals surface area contributed by atoms with Gasteiger partial charge in [-0.3, -0.25) is 0 Å². The summed E-state index contributed by atoms with van der Waals surface area (Å²) in [4.78, 5) is 0. The first-order valence-corrected chi connectivity index (χ1v) is 13.2. The summed E-state index contributed by atoms with van der Waals surface area (Å²) in [6.07, 6.45) is 9.31. The van der Waals surface area contributed by atoms with Crippen LogP contribution >= 0.6 is 0 Å². The Bertz CT molecular complexity index is 822. The largest absolute Gasteiger partial charge is 0.405 e. The van der Waals surface area contributed by atoms with Gasteiger partial charge >= 0.3 is 0 Å². The van der Waals surface area contributed by atoms with Crippen LogP contribution in [0.4, 0.5) is 0 Å². The maximum atomic E-state index is 9.89. The SMILES string of the molecule is C=C(C(=C)C1CCCCC1CO)C1=C(CC(C)(C)C)CC(c2ccc(C)cc2)C1.C=CN.CC. The fraction of sp³-hybridized carbons (Fsp3) is 0.562. The van der Waals surface area contributed by atoms with Gasteiger partial charge < -0.3 is 10.8 Å². The zero-order valence-corrected chi connectivity index (χ0v) is 22.9. The van der Waals surface area contributed by atoms with E-state index in [1.165, 1.54) is 46.9 Å². The van der Waals surface area contributed by atoms with Gasteiger partial charge in [0.25, 0.3) is 0 Å². The standard InChI is InChI=1S/C28H40O.C2H5N.C2H6/c1-19-11-13-22(14-12-19)24-15-25(17-28(4,5)6)27(16-24)21(3)20(2)26-10-8-7-9-23(26)18-29;1-2-3;1-2/h11-14,23-24,26,29H,2-3,7-10,15-18H2,1,4-6H3;2H,1,3H2;1-2H3. The van der Waals surface area contributed by atoms with Crippen molar-refractivity contribution < 1.29 is 5.11 Å².